The van der Waals surface area contributed by atoms with Gasteiger partial charge in [-0.15, -0.1) is 0 Å². The highest BCUT2D eigenvalue weighted by Crippen LogP contribution is 2.23. The van der Waals surface area contributed by atoms with Gasteiger partial charge in [-0.25, -0.2) is 8.42 Å². The van der Waals surface area contributed by atoms with Gasteiger partial charge < -0.3 is 5.32 Å². The predicted molar refractivity (Wildman–Crippen MR) is 137 cm³/mol. The Balaban J connectivity index is 1.29. The molecule has 0 saturated carbocycles. The number of hydrogen-bond acceptors (Lipinski definition) is 4. The van der Waals surface area contributed by atoms with Crippen LogP contribution in [0.5, 0.6) is 0 Å². The van der Waals surface area contributed by atoms with Gasteiger partial charge in [-0.1, -0.05) is 35.3 Å². The van der Waals surface area contributed by atoms with E-state index in [1.807, 2.05) is 18.2 Å². The molecule has 1 fully saturated rings. The third kappa shape index (κ3) is 6.51. The third-order valence-electron chi connectivity index (χ3n) is 5.78. The number of anilines is 2. The van der Waals surface area contributed by atoms with Crippen LogP contribution in [-0.2, 0) is 21.4 Å². The molecule has 0 bridgehead atoms. The molecule has 1 aliphatic heterocycles. The Morgan fingerprint density at radius 1 is 0.882 bits per heavy atom. The summed E-state index contributed by atoms with van der Waals surface area (Å²) in [4.78, 5) is 15.2. The number of piperidine rings is 1. The Labute approximate surface area is 209 Å². The summed E-state index contributed by atoms with van der Waals surface area (Å²) in [5, 5.41) is 4.16. The van der Waals surface area contributed by atoms with Gasteiger partial charge in [-0.05, 0) is 92.2 Å². The van der Waals surface area contributed by atoms with Crippen molar-refractivity contribution in [2.45, 2.75) is 24.3 Å². The van der Waals surface area contributed by atoms with Crippen molar-refractivity contribution in [1.29, 1.82) is 0 Å². The maximum Gasteiger partial charge on any atom is 0.261 e. The van der Waals surface area contributed by atoms with Crippen LogP contribution in [0.4, 0.5) is 11.4 Å². The minimum Gasteiger partial charge on any atom is -0.326 e. The Kier molecular flexibility index (Phi) is 7.78. The maximum atomic E-state index is 12.7. The summed E-state index contributed by atoms with van der Waals surface area (Å²) in [6, 6.07) is 20.4. The molecule has 3 aromatic carbocycles. The molecule has 0 aromatic heterocycles. The first-order chi connectivity index (χ1) is 16.3. The lowest BCUT2D eigenvalue weighted by molar-refractivity contribution is -0.121. The van der Waals surface area contributed by atoms with Crippen LogP contribution in [0.2, 0.25) is 10.0 Å². The van der Waals surface area contributed by atoms with Crippen LogP contribution < -0.4 is 10.0 Å². The van der Waals surface area contributed by atoms with E-state index in [1.165, 1.54) is 12.1 Å². The Morgan fingerprint density at radius 2 is 1.53 bits per heavy atom. The molecule has 6 nitrogen and oxygen atoms in total. The fourth-order valence-corrected chi connectivity index (χ4v) is 5.34. The topological polar surface area (TPSA) is 78.5 Å². The van der Waals surface area contributed by atoms with Crippen LogP contribution in [0, 0.1) is 5.92 Å². The summed E-state index contributed by atoms with van der Waals surface area (Å²) >= 11 is 11.9. The van der Waals surface area contributed by atoms with Crippen LogP contribution in [0.15, 0.2) is 77.7 Å². The van der Waals surface area contributed by atoms with Gasteiger partial charge in [0, 0.05) is 33.9 Å². The minimum atomic E-state index is -3.75. The second kappa shape index (κ2) is 10.8. The van der Waals surface area contributed by atoms with Crippen molar-refractivity contribution >= 4 is 50.5 Å². The first kappa shape index (κ1) is 24.5. The summed E-state index contributed by atoms with van der Waals surface area (Å²) in [6.45, 7) is 2.48. The number of carbonyl (C=O) groups is 1. The average molecular weight is 518 g/mol. The maximum absolute atomic E-state index is 12.7. The summed E-state index contributed by atoms with van der Waals surface area (Å²) < 4.78 is 27.7. The van der Waals surface area contributed by atoms with E-state index in [0.717, 1.165) is 43.1 Å². The van der Waals surface area contributed by atoms with E-state index in [1.54, 1.807) is 36.4 Å². The van der Waals surface area contributed by atoms with E-state index in [9.17, 15) is 13.2 Å². The Bertz CT molecular complexity index is 1240. The fraction of sp³-hybridized carbons (Fsp3) is 0.240. The largest absolute Gasteiger partial charge is 0.326 e. The van der Waals surface area contributed by atoms with Crippen LogP contribution in [-0.4, -0.2) is 32.3 Å². The van der Waals surface area contributed by atoms with Crippen molar-refractivity contribution in [3.8, 4) is 0 Å². The lowest BCUT2D eigenvalue weighted by atomic mass is 9.95. The molecule has 0 atom stereocenters. The second-order valence-electron chi connectivity index (χ2n) is 8.31. The molecule has 4 rings (SSSR count). The number of halogens is 2. The number of nitrogens with one attached hydrogen (secondary N) is 2. The molecule has 0 unspecified atom stereocenters. The zero-order valence-electron chi connectivity index (χ0n) is 18.4. The Hall–Kier alpha value is -2.58. The van der Waals surface area contributed by atoms with Gasteiger partial charge in [0.1, 0.15) is 0 Å². The first-order valence-electron chi connectivity index (χ1n) is 10.9. The van der Waals surface area contributed by atoms with Gasteiger partial charge in [-0.3, -0.25) is 14.4 Å². The van der Waals surface area contributed by atoms with Crippen molar-refractivity contribution in [2.75, 3.05) is 23.1 Å². The normalized spacial score (nSPS) is 15.1. The molecule has 0 spiro atoms. The Morgan fingerprint density at radius 3 is 2.18 bits per heavy atom. The predicted octanol–water partition coefficient (Wildman–Crippen LogP) is 5.64. The molecule has 1 amide bonds. The van der Waals surface area contributed by atoms with E-state index in [-0.39, 0.29) is 16.7 Å². The number of hydrogen-bond donors (Lipinski definition) is 2. The standard InChI is InChI=1S/C25H25Cl2N3O3S/c26-20-4-6-23(7-5-20)29-34(32,33)24-10-8-22(9-11-24)28-25(31)19-12-14-30(15-13-19)17-18-2-1-3-21(27)16-18/h1-11,16,19,29H,12-15,17H2,(H,28,31). The average Bonchev–Trinajstić information content (AvgIpc) is 2.81. The van der Waals surface area contributed by atoms with E-state index >= 15 is 0 Å². The molecule has 3 aromatic rings. The molecular weight excluding hydrogens is 493 g/mol. The zero-order chi connectivity index (χ0) is 24.1. The summed E-state index contributed by atoms with van der Waals surface area (Å²) in [5.41, 5.74) is 2.15. The molecule has 0 radical (unpaired) electrons. The first-order valence-corrected chi connectivity index (χ1v) is 13.2. The number of amides is 1. The number of likely N-dealkylation sites (tertiary alicyclic amines) is 1. The summed E-state index contributed by atoms with van der Waals surface area (Å²) in [7, 11) is -3.75. The molecule has 9 heteroatoms. The van der Waals surface area contributed by atoms with Crippen molar-refractivity contribution in [1.82, 2.24) is 4.90 Å². The van der Waals surface area contributed by atoms with E-state index in [0.29, 0.717) is 16.4 Å². The van der Waals surface area contributed by atoms with Gasteiger partial charge in [0.05, 0.1) is 4.90 Å². The van der Waals surface area contributed by atoms with E-state index < -0.39 is 10.0 Å². The summed E-state index contributed by atoms with van der Waals surface area (Å²) in [5.74, 6) is -0.122. The molecule has 2 N–H and O–H groups in total. The van der Waals surface area contributed by atoms with Crippen LogP contribution in [0.25, 0.3) is 0 Å². The zero-order valence-corrected chi connectivity index (χ0v) is 20.7. The van der Waals surface area contributed by atoms with E-state index in [4.69, 9.17) is 23.2 Å². The van der Waals surface area contributed by atoms with Gasteiger partial charge in [0.2, 0.25) is 5.91 Å². The molecular formula is C25H25Cl2N3O3S. The lowest BCUT2D eigenvalue weighted by Gasteiger charge is -2.31. The lowest BCUT2D eigenvalue weighted by Crippen LogP contribution is -2.37. The summed E-state index contributed by atoms with van der Waals surface area (Å²) in [6.07, 6.45) is 1.54. The van der Waals surface area contributed by atoms with E-state index in [2.05, 4.69) is 21.0 Å². The van der Waals surface area contributed by atoms with Gasteiger partial charge in [0.25, 0.3) is 10.0 Å². The molecule has 1 heterocycles. The highest BCUT2D eigenvalue weighted by Gasteiger charge is 2.25. The van der Waals surface area contributed by atoms with Gasteiger partial charge >= 0.3 is 0 Å². The molecule has 1 aliphatic rings. The number of nitrogens with zero attached hydrogens (tertiary/aromatic N) is 1. The van der Waals surface area contributed by atoms with Crippen LogP contribution in [0.1, 0.15) is 18.4 Å². The molecule has 34 heavy (non-hydrogen) atoms. The van der Waals surface area contributed by atoms with Crippen molar-refractivity contribution in [3.63, 3.8) is 0 Å². The third-order valence-corrected chi connectivity index (χ3v) is 7.67. The SMILES string of the molecule is O=C(Nc1ccc(S(=O)(=O)Nc2ccc(Cl)cc2)cc1)C1CCN(Cc2cccc(Cl)c2)CC1. The van der Waals surface area contributed by atoms with Gasteiger partial charge in [0.15, 0.2) is 0 Å². The minimum absolute atomic E-state index is 0.0442. The smallest absolute Gasteiger partial charge is 0.261 e. The number of rotatable bonds is 7. The van der Waals surface area contributed by atoms with Crippen molar-refractivity contribution in [2.24, 2.45) is 5.92 Å². The molecule has 1 saturated heterocycles. The van der Waals surface area contributed by atoms with Crippen molar-refractivity contribution < 1.29 is 13.2 Å². The van der Waals surface area contributed by atoms with Crippen LogP contribution in [0.3, 0.4) is 0 Å². The quantitative estimate of drug-likeness (QED) is 0.424. The molecule has 0 aliphatic carbocycles. The highest BCUT2D eigenvalue weighted by atomic mass is 35.5. The van der Waals surface area contributed by atoms with Gasteiger partial charge in [-0.2, -0.15) is 0 Å². The fourth-order valence-electron chi connectivity index (χ4n) is 3.94. The number of benzene rings is 3. The number of carbonyl (C=O) groups excluding carboxylic acids is 1. The molecule has 178 valence electrons. The van der Waals surface area contributed by atoms with Crippen molar-refractivity contribution in [3.05, 3.63) is 88.4 Å². The highest BCUT2D eigenvalue weighted by molar-refractivity contribution is 7.92. The number of sulfonamides is 1. The van der Waals surface area contributed by atoms with Crippen LogP contribution >= 0.6 is 23.2 Å². The monoisotopic (exact) mass is 517 g/mol. The second-order valence-corrected chi connectivity index (χ2v) is 10.9.